The third-order valence-corrected chi connectivity index (χ3v) is 2.87. The van der Waals surface area contributed by atoms with E-state index in [1.807, 2.05) is 0 Å². The van der Waals surface area contributed by atoms with Crippen molar-refractivity contribution in [1.82, 2.24) is 0 Å². The molecule has 0 aromatic heterocycles. The smallest absolute Gasteiger partial charge is 0.261 e. The molecular formula is C12H8F3NO2. The van der Waals surface area contributed by atoms with Gasteiger partial charge in [-0.1, -0.05) is 0 Å². The van der Waals surface area contributed by atoms with Gasteiger partial charge in [0, 0.05) is 11.1 Å². The molecule has 0 atom stereocenters. The second-order valence-electron chi connectivity index (χ2n) is 3.89. The van der Waals surface area contributed by atoms with E-state index in [0.29, 0.717) is 11.0 Å². The summed E-state index contributed by atoms with van der Waals surface area (Å²) in [6, 6.07) is 1.52. The predicted octanol–water partition coefficient (Wildman–Crippen LogP) is 2.31. The van der Waals surface area contributed by atoms with Crippen molar-refractivity contribution in [2.75, 3.05) is 4.90 Å². The van der Waals surface area contributed by atoms with E-state index in [4.69, 9.17) is 0 Å². The summed E-state index contributed by atoms with van der Waals surface area (Å²) in [6.07, 6.45) is 0. The first-order valence-corrected chi connectivity index (χ1v) is 5.06. The SMILES string of the molecule is CC1=C(C)C(=O)N(c2ccc(F)c(F)c2F)C1=O. The molecule has 0 unspecified atom stereocenters. The highest BCUT2D eigenvalue weighted by atomic mass is 19.2. The van der Waals surface area contributed by atoms with E-state index in [1.54, 1.807) is 0 Å². The number of nitrogens with zero attached hydrogens (tertiary/aromatic N) is 1. The maximum Gasteiger partial charge on any atom is 0.261 e. The molecule has 1 aliphatic rings. The quantitative estimate of drug-likeness (QED) is 0.570. The average Bonchev–Trinajstić information content (AvgIpc) is 2.53. The van der Waals surface area contributed by atoms with Crippen molar-refractivity contribution >= 4 is 17.5 Å². The molecule has 0 bridgehead atoms. The summed E-state index contributed by atoms with van der Waals surface area (Å²) in [6.45, 7) is 2.82. The lowest BCUT2D eigenvalue weighted by Crippen LogP contribution is -2.32. The van der Waals surface area contributed by atoms with E-state index in [-0.39, 0.29) is 11.1 Å². The van der Waals surface area contributed by atoms with Crippen LogP contribution < -0.4 is 4.90 Å². The number of halogens is 3. The van der Waals surface area contributed by atoms with Gasteiger partial charge in [-0.3, -0.25) is 9.59 Å². The monoisotopic (exact) mass is 255 g/mol. The molecule has 2 amide bonds. The Kier molecular flexibility index (Phi) is 2.73. The molecule has 0 fully saturated rings. The van der Waals surface area contributed by atoms with Gasteiger partial charge in [0.1, 0.15) is 0 Å². The van der Waals surface area contributed by atoms with Crippen molar-refractivity contribution < 1.29 is 22.8 Å². The van der Waals surface area contributed by atoms with Gasteiger partial charge in [0.05, 0.1) is 5.69 Å². The standard InChI is InChI=1S/C12H8F3NO2/c1-5-6(2)12(18)16(11(5)17)8-4-3-7(13)9(14)10(8)15/h3-4H,1-2H3. The molecule has 6 heteroatoms. The van der Waals surface area contributed by atoms with Crippen LogP contribution in [0.1, 0.15) is 13.8 Å². The Bertz CT molecular complexity index is 584. The van der Waals surface area contributed by atoms with Crippen molar-refractivity contribution in [2.24, 2.45) is 0 Å². The minimum Gasteiger partial charge on any atom is -0.269 e. The molecule has 2 rings (SSSR count). The van der Waals surface area contributed by atoms with Crippen LogP contribution in [0.5, 0.6) is 0 Å². The Hall–Kier alpha value is -2.11. The highest BCUT2D eigenvalue weighted by molar-refractivity contribution is 6.32. The molecule has 3 nitrogen and oxygen atoms in total. The third-order valence-electron chi connectivity index (χ3n) is 2.87. The molecule has 1 aromatic rings. The lowest BCUT2D eigenvalue weighted by Gasteiger charge is -2.15. The Morgan fingerprint density at radius 2 is 1.39 bits per heavy atom. The molecule has 0 aliphatic carbocycles. The lowest BCUT2D eigenvalue weighted by molar-refractivity contribution is -0.120. The maximum absolute atomic E-state index is 13.5. The minimum atomic E-state index is -1.71. The number of hydrogen-bond donors (Lipinski definition) is 0. The van der Waals surface area contributed by atoms with E-state index in [1.165, 1.54) is 13.8 Å². The molecule has 0 radical (unpaired) electrons. The van der Waals surface area contributed by atoms with Crippen LogP contribution in [0.2, 0.25) is 0 Å². The van der Waals surface area contributed by atoms with Crippen LogP contribution in [0.15, 0.2) is 23.3 Å². The molecule has 18 heavy (non-hydrogen) atoms. The van der Waals surface area contributed by atoms with Gasteiger partial charge in [-0.15, -0.1) is 0 Å². The first-order chi connectivity index (χ1) is 8.36. The van der Waals surface area contributed by atoms with Crippen molar-refractivity contribution in [2.45, 2.75) is 13.8 Å². The van der Waals surface area contributed by atoms with E-state index in [0.717, 1.165) is 6.07 Å². The number of rotatable bonds is 1. The van der Waals surface area contributed by atoms with E-state index < -0.39 is 35.0 Å². The molecule has 0 N–H and O–H groups in total. The Labute approximate surface area is 101 Å². The van der Waals surface area contributed by atoms with Crippen molar-refractivity contribution in [3.05, 3.63) is 40.7 Å². The molecule has 0 spiro atoms. The summed E-state index contributed by atoms with van der Waals surface area (Å²) >= 11 is 0. The first kappa shape index (κ1) is 12.3. The molecule has 94 valence electrons. The Morgan fingerprint density at radius 3 is 1.89 bits per heavy atom. The molecule has 1 aliphatic heterocycles. The van der Waals surface area contributed by atoms with Crippen LogP contribution >= 0.6 is 0 Å². The second kappa shape index (κ2) is 3.97. The summed E-state index contributed by atoms with van der Waals surface area (Å²) in [7, 11) is 0. The fourth-order valence-electron chi connectivity index (χ4n) is 1.66. The zero-order valence-electron chi connectivity index (χ0n) is 9.55. The molecule has 0 saturated carbocycles. The van der Waals surface area contributed by atoms with Crippen molar-refractivity contribution in [3.63, 3.8) is 0 Å². The number of amides is 2. The Balaban J connectivity index is 2.57. The summed E-state index contributed by atoms with van der Waals surface area (Å²) in [5.41, 5.74) is -0.270. The van der Waals surface area contributed by atoms with Gasteiger partial charge >= 0.3 is 0 Å². The maximum atomic E-state index is 13.5. The van der Waals surface area contributed by atoms with Crippen LogP contribution in [0.25, 0.3) is 0 Å². The summed E-state index contributed by atoms with van der Waals surface area (Å²) in [5.74, 6) is -6.11. The largest absolute Gasteiger partial charge is 0.269 e. The minimum absolute atomic E-state index is 0.157. The summed E-state index contributed by atoms with van der Waals surface area (Å²) in [5, 5.41) is 0. The zero-order valence-corrected chi connectivity index (χ0v) is 9.55. The number of carbonyl (C=O) groups excluding carboxylic acids is 2. The average molecular weight is 255 g/mol. The van der Waals surface area contributed by atoms with Crippen molar-refractivity contribution in [1.29, 1.82) is 0 Å². The zero-order chi connectivity index (χ0) is 13.6. The van der Waals surface area contributed by atoms with Gasteiger partial charge in [-0.2, -0.15) is 0 Å². The fraction of sp³-hybridized carbons (Fsp3) is 0.167. The molecular weight excluding hydrogens is 247 g/mol. The van der Waals surface area contributed by atoms with Crippen LogP contribution in [0.3, 0.4) is 0 Å². The summed E-state index contributed by atoms with van der Waals surface area (Å²) in [4.78, 5) is 24.0. The van der Waals surface area contributed by atoms with Crippen molar-refractivity contribution in [3.8, 4) is 0 Å². The van der Waals surface area contributed by atoms with Gasteiger partial charge < -0.3 is 0 Å². The third kappa shape index (κ3) is 1.53. The highest BCUT2D eigenvalue weighted by Gasteiger charge is 2.36. The number of imide groups is 1. The molecule has 1 heterocycles. The van der Waals surface area contributed by atoms with Crippen LogP contribution in [0.4, 0.5) is 18.9 Å². The van der Waals surface area contributed by atoms with E-state index in [2.05, 4.69) is 0 Å². The normalized spacial score (nSPS) is 15.9. The van der Waals surface area contributed by atoms with Gasteiger partial charge in [-0.25, -0.2) is 18.1 Å². The van der Waals surface area contributed by atoms with Crippen LogP contribution in [-0.4, -0.2) is 11.8 Å². The van der Waals surface area contributed by atoms with Gasteiger partial charge in [-0.05, 0) is 26.0 Å². The van der Waals surface area contributed by atoms with E-state index in [9.17, 15) is 22.8 Å². The predicted molar refractivity (Wildman–Crippen MR) is 57.2 cm³/mol. The number of benzene rings is 1. The molecule has 1 aromatic carbocycles. The topological polar surface area (TPSA) is 37.4 Å². The number of hydrogen-bond acceptors (Lipinski definition) is 2. The van der Waals surface area contributed by atoms with Gasteiger partial charge in [0.2, 0.25) is 0 Å². The lowest BCUT2D eigenvalue weighted by atomic mass is 10.2. The van der Waals surface area contributed by atoms with E-state index >= 15 is 0 Å². The molecule has 0 saturated heterocycles. The first-order valence-electron chi connectivity index (χ1n) is 5.06. The highest BCUT2D eigenvalue weighted by Crippen LogP contribution is 2.30. The van der Waals surface area contributed by atoms with Crippen LogP contribution in [-0.2, 0) is 9.59 Å². The Morgan fingerprint density at radius 1 is 0.889 bits per heavy atom. The van der Waals surface area contributed by atoms with Gasteiger partial charge in [0.15, 0.2) is 17.5 Å². The van der Waals surface area contributed by atoms with Gasteiger partial charge in [0.25, 0.3) is 11.8 Å². The summed E-state index contributed by atoms with van der Waals surface area (Å²) < 4.78 is 39.4. The second-order valence-corrected chi connectivity index (χ2v) is 3.89. The number of carbonyl (C=O) groups is 2. The van der Waals surface area contributed by atoms with Crippen LogP contribution in [0, 0.1) is 17.5 Å². The fourth-order valence-corrected chi connectivity index (χ4v) is 1.66. The number of anilines is 1.